The first-order valence-corrected chi connectivity index (χ1v) is 2.92. The molecule has 2 N–H and O–H groups in total. The zero-order chi connectivity index (χ0) is 6.57. The van der Waals surface area contributed by atoms with Crippen molar-refractivity contribution >= 4 is 15.4 Å². The van der Waals surface area contributed by atoms with E-state index < -0.39 is 5.97 Å². The maximum atomic E-state index is 9.92. The lowest BCUT2D eigenvalue weighted by molar-refractivity contribution is -0.137. The predicted molar refractivity (Wildman–Crippen MR) is 34.6 cm³/mol. The van der Waals surface area contributed by atoms with E-state index >= 15 is 0 Å². The highest BCUT2D eigenvalue weighted by Crippen LogP contribution is 1.90. The van der Waals surface area contributed by atoms with E-state index in [0.717, 1.165) is 0 Å². The molecule has 8 heavy (non-hydrogen) atoms. The van der Waals surface area contributed by atoms with E-state index in [1.54, 1.807) is 6.92 Å². The monoisotopic (exact) mass is 135 g/mol. The minimum absolute atomic E-state index is 0.0394. The van der Waals surface area contributed by atoms with Crippen LogP contribution in [0, 0.1) is 0 Å². The van der Waals surface area contributed by atoms with E-state index in [4.69, 9.17) is 5.11 Å². The van der Waals surface area contributed by atoms with Crippen molar-refractivity contribution in [1.29, 1.82) is 0 Å². The summed E-state index contributed by atoms with van der Waals surface area (Å²) in [5, 5.41) is 10.9. The van der Waals surface area contributed by atoms with Crippen molar-refractivity contribution in [3.05, 3.63) is 0 Å². The summed E-state index contributed by atoms with van der Waals surface area (Å²) in [5.41, 5.74) is 0. The van der Waals surface area contributed by atoms with E-state index in [1.807, 2.05) is 0 Å². The van der Waals surface area contributed by atoms with E-state index in [-0.39, 0.29) is 12.5 Å². The van der Waals surface area contributed by atoms with Gasteiger partial charge in [-0.05, 0) is 6.92 Å². The van der Waals surface area contributed by atoms with Crippen LogP contribution in [0.15, 0.2) is 0 Å². The van der Waals surface area contributed by atoms with Gasteiger partial charge in [-0.1, -0.05) is 9.39 Å². The Labute approximate surface area is 50.7 Å². The Balaban J connectivity index is 3.24. The largest absolute Gasteiger partial charge is 0.481 e. The summed E-state index contributed by atoms with van der Waals surface area (Å²) in [7, 11) is 2.27. The molecule has 0 radical (unpaired) electrons. The first kappa shape index (κ1) is 7.86. The van der Waals surface area contributed by atoms with Crippen LogP contribution in [0.5, 0.6) is 0 Å². The maximum Gasteiger partial charge on any atom is 0.304 e. The van der Waals surface area contributed by atoms with Gasteiger partial charge in [0.25, 0.3) is 0 Å². The van der Waals surface area contributed by atoms with Crippen molar-refractivity contribution in [2.45, 2.75) is 19.4 Å². The molecular formula is C4H10NO2P. The minimum atomic E-state index is -0.771. The van der Waals surface area contributed by atoms with E-state index in [0.29, 0.717) is 0 Å². The summed E-state index contributed by atoms with van der Waals surface area (Å²) in [6.07, 6.45) is 0.170. The average molecular weight is 135 g/mol. The highest BCUT2D eigenvalue weighted by atomic mass is 31.0. The molecule has 0 amide bonds. The molecule has 0 aromatic rings. The molecule has 0 heterocycles. The molecule has 0 aromatic carbocycles. The number of carbonyl (C=O) groups is 1. The smallest absolute Gasteiger partial charge is 0.304 e. The van der Waals surface area contributed by atoms with Crippen LogP contribution in [0.2, 0.25) is 0 Å². The molecule has 0 aliphatic rings. The lowest BCUT2D eigenvalue weighted by atomic mass is 10.3. The molecule has 0 aromatic heterocycles. The van der Waals surface area contributed by atoms with Gasteiger partial charge in [-0.3, -0.25) is 9.88 Å². The number of aliphatic carboxylic acids is 1. The topological polar surface area (TPSA) is 49.3 Å². The van der Waals surface area contributed by atoms with Crippen LogP contribution in [0.1, 0.15) is 13.3 Å². The van der Waals surface area contributed by atoms with Crippen LogP contribution in [-0.4, -0.2) is 17.1 Å². The standard InChI is InChI=1S/C4H10NO2P/c1-3(5-8)2-4(6)7/h3,5H,2,8H2,1H3,(H,6,7). The maximum absolute atomic E-state index is 9.92. The molecule has 3 nitrogen and oxygen atoms in total. The molecule has 0 fully saturated rings. The molecule has 0 rings (SSSR count). The van der Waals surface area contributed by atoms with Crippen molar-refractivity contribution in [3.63, 3.8) is 0 Å². The fourth-order valence-electron chi connectivity index (χ4n) is 0.321. The van der Waals surface area contributed by atoms with Crippen LogP contribution in [0.4, 0.5) is 0 Å². The van der Waals surface area contributed by atoms with Crippen molar-refractivity contribution in [3.8, 4) is 0 Å². The molecule has 4 heteroatoms. The first-order chi connectivity index (χ1) is 3.66. The molecule has 0 aliphatic heterocycles. The summed E-state index contributed by atoms with van der Waals surface area (Å²) in [4.78, 5) is 9.92. The van der Waals surface area contributed by atoms with Crippen LogP contribution in [0.3, 0.4) is 0 Å². The zero-order valence-electron chi connectivity index (χ0n) is 4.72. The van der Waals surface area contributed by atoms with Gasteiger partial charge >= 0.3 is 5.97 Å². The predicted octanol–water partition coefficient (Wildman–Crippen LogP) is 0.229. The lowest BCUT2D eigenvalue weighted by Crippen LogP contribution is -2.19. The van der Waals surface area contributed by atoms with Gasteiger partial charge in [-0.15, -0.1) is 0 Å². The van der Waals surface area contributed by atoms with E-state index in [9.17, 15) is 4.79 Å². The Hall–Kier alpha value is -0.140. The molecule has 0 saturated heterocycles. The molecular weight excluding hydrogens is 125 g/mol. The number of carboxylic acids is 1. The van der Waals surface area contributed by atoms with E-state index in [2.05, 4.69) is 14.5 Å². The van der Waals surface area contributed by atoms with Gasteiger partial charge in [-0.25, -0.2) is 0 Å². The van der Waals surface area contributed by atoms with Crippen LogP contribution < -0.4 is 5.09 Å². The fourth-order valence-corrected chi connectivity index (χ4v) is 0.439. The van der Waals surface area contributed by atoms with Gasteiger partial charge in [0.1, 0.15) is 0 Å². The summed E-state index contributed by atoms with van der Waals surface area (Å²) >= 11 is 0. The third-order valence-corrected chi connectivity index (χ3v) is 1.33. The Kier molecular flexibility index (Phi) is 3.75. The minimum Gasteiger partial charge on any atom is -0.481 e. The number of nitrogens with one attached hydrogen (secondary N) is 1. The van der Waals surface area contributed by atoms with Crippen molar-refractivity contribution in [1.82, 2.24) is 5.09 Å². The van der Waals surface area contributed by atoms with E-state index in [1.165, 1.54) is 0 Å². The van der Waals surface area contributed by atoms with Crippen LogP contribution in [-0.2, 0) is 4.79 Å². The van der Waals surface area contributed by atoms with Crippen molar-refractivity contribution in [2.24, 2.45) is 0 Å². The quantitative estimate of drug-likeness (QED) is 0.544. The van der Waals surface area contributed by atoms with Gasteiger partial charge in [0.2, 0.25) is 0 Å². The second-order valence-corrected chi connectivity index (χ2v) is 2.00. The Morgan fingerprint density at radius 1 is 2.00 bits per heavy atom. The third kappa shape index (κ3) is 4.03. The second-order valence-electron chi connectivity index (χ2n) is 1.67. The number of rotatable bonds is 3. The van der Waals surface area contributed by atoms with Gasteiger partial charge in [0.15, 0.2) is 0 Å². The highest BCUT2D eigenvalue weighted by Gasteiger charge is 2.02. The summed E-state index contributed by atoms with van der Waals surface area (Å²) in [6.45, 7) is 1.81. The molecule has 0 spiro atoms. The first-order valence-electron chi connectivity index (χ1n) is 2.34. The normalized spacial score (nSPS) is 13.2. The van der Waals surface area contributed by atoms with Crippen LogP contribution in [0.25, 0.3) is 0 Å². The van der Waals surface area contributed by atoms with Gasteiger partial charge < -0.3 is 5.11 Å². The number of hydrogen-bond donors (Lipinski definition) is 2. The SMILES string of the molecule is CC(CC(=O)O)NP. The Morgan fingerprint density at radius 2 is 2.50 bits per heavy atom. The summed E-state index contributed by atoms with van der Waals surface area (Å²) < 4.78 is 0. The lowest BCUT2D eigenvalue weighted by Gasteiger charge is -2.03. The Morgan fingerprint density at radius 3 is 2.62 bits per heavy atom. The molecule has 0 saturated carbocycles. The molecule has 2 unspecified atom stereocenters. The van der Waals surface area contributed by atoms with Gasteiger partial charge in [-0.2, -0.15) is 0 Å². The summed E-state index contributed by atoms with van der Waals surface area (Å²) in [6, 6.07) is 0.0394. The average Bonchev–Trinajstić information content (AvgIpc) is 1.65. The molecule has 48 valence electrons. The van der Waals surface area contributed by atoms with Gasteiger partial charge in [0, 0.05) is 6.04 Å². The van der Waals surface area contributed by atoms with Gasteiger partial charge in [0.05, 0.1) is 6.42 Å². The molecule has 2 atom stereocenters. The third-order valence-electron chi connectivity index (χ3n) is 0.765. The molecule has 0 aliphatic carbocycles. The highest BCUT2D eigenvalue weighted by molar-refractivity contribution is 7.13. The number of hydrogen-bond acceptors (Lipinski definition) is 2. The van der Waals surface area contributed by atoms with Crippen molar-refractivity contribution < 1.29 is 9.90 Å². The van der Waals surface area contributed by atoms with Crippen LogP contribution >= 0.6 is 9.39 Å². The fraction of sp³-hybridized carbons (Fsp3) is 0.750. The Bertz CT molecular complexity index is 86.1. The molecule has 0 bridgehead atoms. The van der Waals surface area contributed by atoms with Crippen molar-refractivity contribution in [2.75, 3.05) is 0 Å². The second kappa shape index (κ2) is 3.81. The zero-order valence-corrected chi connectivity index (χ0v) is 5.87. The number of carboxylic acid groups (broad SMARTS) is 1. The summed E-state index contributed by atoms with van der Waals surface area (Å²) in [5.74, 6) is -0.771.